The van der Waals surface area contributed by atoms with Gasteiger partial charge in [0.05, 0.1) is 15.2 Å². The van der Waals surface area contributed by atoms with E-state index in [0.717, 1.165) is 23.8 Å². The van der Waals surface area contributed by atoms with Gasteiger partial charge in [-0.1, -0.05) is 55.3 Å². The van der Waals surface area contributed by atoms with Gasteiger partial charge in [0.2, 0.25) is 0 Å². The molecule has 0 amide bonds. The van der Waals surface area contributed by atoms with Gasteiger partial charge in [0, 0.05) is 11.2 Å². The maximum absolute atomic E-state index is 4.84. The van der Waals surface area contributed by atoms with E-state index in [4.69, 9.17) is 4.98 Å². The summed E-state index contributed by atoms with van der Waals surface area (Å²) in [7, 11) is 0. The van der Waals surface area contributed by atoms with E-state index in [0.29, 0.717) is 10.2 Å². The SMILES string of the molecule is CC1CCC(C(C)(C)Cc2nc3ccccc3s2)C(Br)C1. The Morgan fingerprint density at radius 1 is 1.29 bits per heavy atom. The molecule has 0 radical (unpaired) electrons. The second-order valence-electron chi connectivity index (χ2n) is 7.28. The molecule has 114 valence electrons. The van der Waals surface area contributed by atoms with Crippen LogP contribution in [0.15, 0.2) is 24.3 Å². The minimum atomic E-state index is 0.308. The Balaban J connectivity index is 1.78. The fourth-order valence-corrected chi connectivity index (χ4v) is 6.53. The van der Waals surface area contributed by atoms with Crippen molar-refractivity contribution < 1.29 is 0 Å². The monoisotopic (exact) mass is 365 g/mol. The van der Waals surface area contributed by atoms with E-state index in [1.165, 1.54) is 29.0 Å². The molecule has 1 fully saturated rings. The van der Waals surface area contributed by atoms with E-state index in [9.17, 15) is 0 Å². The Labute approximate surface area is 140 Å². The number of benzene rings is 1. The fourth-order valence-electron chi connectivity index (χ4n) is 3.71. The van der Waals surface area contributed by atoms with Crippen LogP contribution in [-0.4, -0.2) is 9.81 Å². The van der Waals surface area contributed by atoms with E-state index in [2.05, 4.69) is 61.0 Å². The van der Waals surface area contributed by atoms with Gasteiger partial charge in [-0.25, -0.2) is 4.98 Å². The maximum Gasteiger partial charge on any atom is 0.0944 e. The Morgan fingerprint density at radius 2 is 2.05 bits per heavy atom. The summed E-state index contributed by atoms with van der Waals surface area (Å²) in [6.07, 6.45) is 5.12. The Kier molecular flexibility index (Phi) is 4.42. The number of halogens is 1. The second-order valence-corrected chi connectivity index (χ2v) is 9.57. The molecule has 0 saturated heterocycles. The predicted octanol–water partition coefficient (Wildman–Crippen LogP) is 6.06. The molecule has 0 spiro atoms. The summed E-state index contributed by atoms with van der Waals surface area (Å²) >= 11 is 5.83. The number of nitrogens with zero attached hydrogens (tertiary/aromatic N) is 1. The first-order valence-electron chi connectivity index (χ1n) is 7.94. The highest BCUT2D eigenvalue weighted by Crippen LogP contribution is 2.45. The molecular formula is C18H24BrNS. The van der Waals surface area contributed by atoms with Gasteiger partial charge in [-0.3, -0.25) is 0 Å². The predicted molar refractivity (Wildman–Crippen MR) is 96.3 cm³/mol. The van der Waals surface area contributed by atoms with Crippen LogP contribution < -0.4 is 0 Å². The van der Waals surface area contributed by atoms with Gasteiger partial charge in [-0.2, -0.15) is 0 Å². The topological polar surface area (TPSA) is 12.9 Å². The van der Waals surface area contributed by atoms with Crippen molar-refractivity contribution in [2.24, 2.45) is 17.3 Å². The Morgan fingerprint density at radius 3 is 2.76 bits per heavy atom. The number of para-hydroxylation sites is 1. The van der Waals surface area contributed by atoms with E-state index in [1.54, 1.807) is 0 Å². The first-order valence-corrected chi connectivity index (χ1v) is 9.67. The zero-order chi connectivity index (χ0) is 15.0. The molecule has 0 aliphatic heterocycles. The van der Waals surface area contributed by atoms with E-state index in [-0.39, 0.29) is 0 Å². The zero-order valence-corrected chi connectivity index (χ0v) is 15.5. The van der Waals surface area contributed by atoms with Crippen molar-refractivity contribution >= 4 is 37.5 Å². The van der Waals surface area contributed by atoms with Crippen LogP contribution in [0.1, 0.15) is 45.0 Å². The van der Waals surface area contributed by atoms with Crippen LogP contribution in [0.25, 0.3) is 10.2 Å². The van der Waals surface area contributed by atoms with Gasteiger partial charge >= 0.3 is 0 Å². The fraction of sp³-hybridized carbons (Fsp3) is 0.611. The molecule has 1 heterocycles. The number of alkyl halides is 1. The number of hydrogen-bond donors (Lipinski definition) is 0. The Hall–Kier alpha value is -0.410. The molecule has 21 heavy (non-hydrogen) atoms. The van der Waals surface area contributed by atoms with Crippen molar-refractivity contribution in [3.63, 3.8) is 0 Å². The highest BCUT2D eigenvalue weighted by Gasteiger charge is 2.38. The van der Waals surface area contributed by atoms with Gasteiger partial charge in [-0.05, 0) is 42.2 Å². The van der Waals surface area contributed by atoms with Crippen molar-refractivity contribution in [3.05, 3.63) is 29.3 Å². The highest BCUT2D eigenvalue weighted by molar-refractivity contribution is 9.09. The molecule has 1 nitrogen and oxygen atoms in total. The van der Waals surface area contributed by atoms with Gasteiger partial charge in [0.25, 0.3) is 0 Å². The van der Waals surface area contributed by atoms with Crippen molar-refractivity contribution in [3.8, 4) is 0 Å². The second kappa shape index (κ2) is 6.00. The summed E-state index contributed by atoms with van der Waals surface area (Å²) in [6.45, 7) is 7.23. The first-order chi connectivity index (χ1) is 9.95. The number of thiazole rings is 1. The van der Waals surface area contributed by atoms with Crippen molar-refractivity contribution in [1.82, 2.24) is 4.98 Å². The van der Waals surface area contributed by atoms with Crippen LogP contribution in [0.4, 0.5) is 0 Å². The molecule has 1 saturated carbocycles. The summed E-state index contributed by atoms with van der Waals surface area (Å²) in [5.74, 6) is 1.62. The largest absolute Gasteiger partial charge is 0.241 e. The molecule has 0 bridgehead atoms. The van der Waals surface area contributed by atoms with Crippen molar-refractivity contribution in [2.45, 2.75) is 51.3 Å². The first kappa shape index (κ1) is 15.5. The molecule has 3 unspecified atom stereocenters. The number of hydrogen-bond acceptors (Lipinski definition) is 2. The number of aromatic nitrogens is 1. The lowest BCUT2D eigenvalue weighted by Gasteiger charge is -2.41. The van der Waals surface area contributed by atoms with Crippen molar-refractivity contribution in [1.29, 1.82) is 0 Å². The van der Waals surface area contributed by atoms with Gasteiger partial charge in [-0.15, -0.1) is 11.3 Å². The molecule has 3 atom stereocenters. The quantitative estimate of drug-likeness (QED) is 0.601. The smallest absolute Gasteiger partial charge is 0.0944 e. The molecule has 1 aromatic carbocycles. The van der Waals surface area contributed by atoms with Gasteiger partial charge < -0.3 is 0 Å². The third kappa shape index (κ3) is 3.34. The summed E-state index contributed by atoms with van der Waals surface area (Å²) in [6, 6.07) is 8.48. The summed E-state index contributed by atoms with van der Waals surface area (Å²) in [4.78, 5) is 5.49. The Bertz CT molecular complexity index is 585. The van der Waals surface area contributed by atoms with Gasteiger partial charge in [0.15, 0.2) is 0 Å². The molecule has 1 aromatic heterocycles. The average Bonchev–Trinajstić information content (AvgIpc) is 2.79. The van der Waals surface area contributed by atoms with E-state index < -0.39 is 0 Å². The van der Waals surface area contributed by atoms with Crippen LogP contribution in [0.2, 0.25) is 0 Å². The van der Waals surface area contributed by atoms with Crippen LogP contribution >= 0.6 is 27.3 Å². The lowest BCUT2D eigenvalue weighted by Crippen LogP contribution is -2.37. The lowest BCUT2D eigenvalue weighted by molar-refractivity contribution is 0.147. The number of rotatable bonds is 3. The van der Waals surface area contributed by atoms with Gasteiger partial charge in [0.1, 0.15) is 0 Å². The van der Waals surface area contributed by atoms with Crippen molar-refractivity contribution in [2.75, 3.05) is 0 Å². The van der Waals surface area contributed by atoms with E-state index >= 15 is 0 Å². The normalized spacial score (nSPS) is 27.1. The van der Waals surface area contributed by atoms with Crippen LogP contribution in [0, 0.1) is 17.3 Å². The molecule has 2 aromatic rings. The minimum absolute atomic E-state index is 0.308. The van der Waals surface area contributed by atoms with E-state index in [1.807, 2.05) is 11.3 Å². The lowest BCUT2D eigenvalue weighted by atomic mass is 9.67. The molecule has 3 heteroatoms. The standard InChI is InChI=1S/C18H24BrNS/c1-12-8-9-13(14(19)10-12)18(2,3)11-17-20-15-6-4-5-7-16(15)21-17/h4-7,12-14H,8-11H2,1-3H3. The molecule has 1 aliphatic carbocycles. The van der Waals surface area contributed by atoms with Crippen LogP contribution in [0.3, 0.4) is 0 Å². The third-order valence-electron chi connectivity index (χ3n) is 4.98. The maximum atomic E-state index is 4.84. The zero-order valence-electron chi connectivity index (χ0n) is 13.1. The molecule has 0 N–H and O–H groups in total. The summed E-state index contributed by atoms with van der Waals surface area (Å²) in [5.41, 5.74) is 1.46. The average molecular weight is 366 g/mol. The number of fused-ring (bicyclic) bond motifs is 1. The van der Waals surface area contributed by atoms with Crippen LogP contribution in [0.5, 0.6) is 0 Å². The summed E-state index contributed by atoms with van der Waals surface area (Å²) < 4.78 is 1.32. The third-order valence-corrected chi connectivity index (χ3v) is 7.03. The summed E-state index contributed by atoms with van der Waals surface area (Å²) in [5, 5.41) is 1.29. The molecule has 3 rings (SSSR count). The highest BCUT2D eigenvalue weighted by atomic mass is 79.9. The molecule has 1 aliphatic rings. The molecular weight excluding hydrogens is 342 g/mol. The minimum Gasteiger partial charge on any atom is -0.241 e. The van der Waals surface area contributed by atoms with Crippen LogP contribution in [-0.2, 0) is 6.42 Å².